The SMILES string of the molecule is c1ccc2cc(-c3cc4cccc5c4c4c3cccc4c3c5c4ccccc4n3-c3ccc(-c4cccc5ccccc45)cc3)ccc2c1. The Morgan fingerprint density at radius 1 is 0.306 bits per heavy atom. The van der Waals surface area contributed by atoms with E-state index in [1.807, 2.05) is 0 Å². The van der Waals surface area contributed by atoms with Crippen LogP contribution in [0.15, 0.2) is 176 Å². The van der Waals surface area contributed by atoms with Crippen LogP contribution >= 0.6 is 0 Å². The molecule has 11 aromatic rings. The van der Waals surface area contributed by atoms with Gasteiger partial charge in [0.05, 0.1) is 11.0 Å². The third kappa shape index (κ3) is 3.76. The van der Waals surface area contributed by atoms with Gasteiger partial charge in [0, 0.05) is 27.2 Å². The first kappa shape index (κ1) is 26.6. The van der Waals surface area contributed by atoms with E-state index in [4.69, 9.17) is 0 Å². The van der Waals surface area contributed by atoms with Crippen LogP contribution in [0.4, 0.5) is 0 Å². The van der Waals surface area contributed by atoms with Crippen molar-refractivity contribution in [3.63, 3.8) is 0 Å². The first-order chi connectivity index (χ1) is 24.3. The molecule has 0 amide bonds. The van der Waals surface area contributed by atoms with Crippen molar-refractivity contribution in [2.75, 3.05) is 0 Å². The molecule has 0 bridgehead atoms. The normalized spacial score (nSPS) is 12.1. The van der Waals surface area contributed by atoms with Crippen LogP contribution in [0.3, 0.4) is 0 Å². The number of fused-ring (bicyclic) bond motifs is 7. The zero-order chi connectivity index (χ0) is 32.1. The second kappa shape index (κ2) is 10.0. The lowest BCUT2D eigenvalue weighted by molar-refractivity contribution is 1.19. The molecule has 226 valence electrons. The highest BCUT2D eigenvalue weighted by Gasteiger charge is 2.22. The van der Waals surface area contributed by atoms with Gasteiger partial charge in [-0.1, -0.05) is 146 Å². The number of hydrogen-bond donors (Lipinski definition) is 0. The summed E-state index contributed by atoms with van der Waals surface area (Å²) in [6.07, 6.45) is 0. The quantitative estimate of drug-likeness (QED) is 0.173. The highest BCUT2D eigenvalue weighted by molar-refractivity contribution is 6.39. The smallest absolute Gasteiger partial charge is 0.0626 e. The minimum absolute atomic E-state index is 1.17. The van der Waals surface area contributed by atoms with Crippen LogP contribution in [0, 0.1) is 0 Å². The van der Waals surface area contributed by atoms with E-state index in [2.05, 4.69) is 180 Å². The van der Waals surface area contributed by atoms with Gasteiger partial charge in [-0.15, -0.1) is 0 Å². The minimum Gasteiger partial charge on any atom is -0.309 e. The fourth-order valence-electron chi connectivity index (χ4n) is 8.55. The lowest BCUT2D eigenvalue weighted by atomic mass is 9.87. The maximum Gasteiger partial charge on any atom is 0.0626 e. The van der Waals surface area contributed by atoms with Crippen molar-refractivity contribution in [3.8, 4) is 27.9 Å². The largest absolute Gasteiger partial charge is 0.309 e. The Hall–Kier alpha value is -6.44. The van der Waals surface area contributed by atoms with Crippen molar-refractivity contribution in [1.29, 1.82) is 0 Å². The maximum absolute atomic E-state index is 2.50. The molecule has 0 atom stereocenters. The minimum atomic E-state index is 1.17. The zero-order valence-corrected chi connectivity index (χ0v) is 26.7. The van der Waals surface area contributed by atoms with E-state index in [0.29, 0.717) is 0 Å². The number of hydrogen-bond acceptors (Lipinski definition) is 0. The Morgan fingerprint density at radius 3 is 1.84 bits per heavy atom. The standard InChI is InChI=1S/C48H29N/c1-2-12-33-28-34(23-22-30(33)10-1)43-29-35-14-8-19-41-45(35)46-39(43)18-9-20-42(46)48-47(41)40-16-5-6-21-44(40)49(48)36-26-24-32(25-27-36)38-17-7-13-31-11-3-4-15-37(31)38/h1-29H. The summed E-state index contributed by atoms with van der Waals surface area (Å²) >= 11 is 0. The summed E-state index contributed by atoms with van der Waals surface area (Å²) in [6.45, 7) is 0. The molecule has 0 N–H and O–H groups in total. The number of para-hydroxylation sites is 1. The molecule has 49 heavy (non-hydrogen) atoms. The van der Waals surface area contributed by atoms with Gasteiger partial charge in [0.2, 0.25) is 0 Å². The fourth-order valence-corrected chi connectivity index (χ4v) is 8.55. The third-order valence-corrected chi connectivity index (χ3v) is 10.7. The van der Waals surface area contributed by atoms with E-state index in [9.17, 15) is 0 Å². The summed E-state index contributed by atoms with van der Waals surface area (Å²) in [6, 6.07) is 65.0. The van der Waals surface area contributed by atoms with Crippen LogP contribution in [0.1, 0.15) is 0 Å². The van der Waals surface area contributed by atoms with E-state index >= 15 is 0 Å². The van der Waals surface area contributed by atoms with Gasteiger partial charge in [-0.2, -0.15) is 0 Å². The summed E-state index contributed by atoms with van der Waals surface area (Å²) in [7, 11) is 0. The van der Waals surface area contributed by atoms with Crippen molar-refractivity contribution in [2.45, 2.75) is 0 Å². The van der Waals surface area contributed by atoms with Gasteiger partial charge in [0.15, 0.2) is 0 Å². The van der Waals surface area contributed by atoms with Gasteiger partial charge in [-0.3, -0.25) is 0 Å². The molecule has 0 fully saturated rings. The molecule has 11 rings (SSSR count). The molecule has 0 unspecified atom stereocenters. The molecular weight excluding hydrogens is 591 g/mol. The molecule has 0 aliphatic carbocycles. The summed E-state index contributed by atoms with van der Waals surface area (Å²) in [4.78, 5) is 0. The van der Waals surface area contributed by atoms with Crippen molar-refractivity contribution in [3.05, 3.63) is 176 Å². The molecule has 1 heteroatoms. The predicted octanol–water partition coefficient (Wildman–Crippen LogP) is 13.3. The number of rotatable bonds is 3. The lowest BCUT2D eigenvalue weighted by Gasteiger charge is -2.18. The van der Waals surface area contributed by atoms with Crippen molar-refractivity contribution >= 4 is 75.7 Å². The van der Waals surface area contributed by atoms with Crippen molar-refractivity contribution < 1.29 is 0 Å². The molecule has 0 aliphatic rings. The van der Waals surface area contributed by atoms with E-state index < -0.39 is 0 Å². The van der Waals surface area contributed by atoms with E-state index in [1.165, 1.54) is 104 Å². The average Bonchev–Trinajstić information content (AvgIpc) is 3.52. The summed E-state index contributed by atoms with van der Waals surface area (Å²) in [5.74, 6) is 0. The first-order valence-electron chi connectivity index (χ1n) is 17.0. The Bertz CT molecular complexity index is 3080. The molecule has 0 radical (unpaired) electrons. The maximum atomic E-state index is 2.50. The Kier molecular flexibility index (Phi) is 5.45. The second-order valence-corrected chi connectivity index (χ2v) is 13.3. The summed E-state index contributed by atoms with van der Waals surface area (Å²) in [5.41, 5.74) is 8.66. The summed E-state index contributed by atoms with van der Waals surface area (Å²) in [5, 5.41) is 15.5. The Labute approximate surface area is 283 Å². The molecule has 0 spiro atoms. The highest BCUT2D eigenvalue weighted by atomic mass is 15.0. The molecule has 0 aliphatic heterocycles. The Morgan fingerprint density at radius 2 is 0.939 bits per heavy atom. The predicted molar refractivity (Wildman–Crippen MR) is 210 cm³/mol. The Balaban J connectivity index is 1.23. The number of aromatic nitrogens is 1. The molecular formula is C48H29N. The second-order valence-electron chi connectivity index (χ2n) is 13.3. The average molecular weight is 620 g/mol. The number of benzene rings is 10. The van der Waals surface area contributed by atoms with E-state index in [1.54, 1.807) is 0 Å². The molecule has 1 aromatic heterocycles. The van der Waals surface area contributed by atoms with E-state index in [-0.39, 0.29) is 0 Å². The highest BCUT2D eigenvalue weighted by Crippen LogP contribution is 2.48. The zero-order valence-electron chi connectivity index (χ0n) is 26.7. The van der Waals surface area contributed by atoms with Crippen LogP contribution in [0.5, 0.6) is 0 Å². The topological polar surface area (TPSA) is 4.93 Å². The van der Waals surface area contributed by atoms with Crippen LogP contribution in [0.25, 0.3) is 104 Å². The number of nitrogens with zero attached hydrogens (tertiary/aromatic N) is 1. The molecule has 0 saturated heterocycles. The van der Waals surface area contributed by atoms with Gasteiger partial charge < -0.3 is 4.57 Å². The van der Waals surface area contributed by atoms with Gasteiger partial charge in [0.25, 0.3) is 0 Å². The monoisotopic (exact) mass is 619 g/mol. The van der Waals surface area contributed by atoms with Crippen LogP contribution in [-0.4, -0.2) is 4.57 Å². The fraction of sp³-hybridized carbons (Fsp3) is 0. The molecule has 0 saturated carbocycles. The van der Waals surface area contributed by atoms with Gasteiger partial charge in [0.1, 0.15) is 0 Å². The van der Waals surface area contributed by atoms with Crippen LogP contribution < -0.4 is 0 Å². The molecule has 1 nitrogen and oxygen atoms in total. The van der Waals surface area contributed by atoms with Gasteiger partial charge >= 0.3 is 0 Å². The van der Waals surface area contributed by atoms with Crippen LogP contribution in [-0.2, 0) is 0 Å². The van der Waals surface area contributed by atoms with E-state index in [0.717, 1.165) is 0 Å². The molecule has 1 heterocycles. The van der Waals surface area contributed by atoms with Crippen molar-refractivity contribution in [2.24, 2.45) is 0 Å². The van der Waals surface area contributed by atoms with Crippen LogP contribution in [0.2, 0.25) is 0 Å². The van der Waals surface area contributed by atoms with Crippen molar-refractivity contribution in [1.82, 2.24) is 4.57 Å². The molecule has 10 aromatic carbocycles. The van der Waals surface area contributed by atoms with Gasteiger partial charge in [-0.25, -0.2) is 0 Å². The van der Waals surface area contributed by atoms with Gasteiger partial charge in [-0.05, 0) is 95.7 Å². The summed E-state index contributed by atoms with van der Waals surface area (Å²) < 4.78 is 2.50. The third-order valence-electron chi connectivity index (χ3n) is 10.7. The first-order valence-corrected chi connectivity index (χ1v) is 17.0. The lowest BCUT2D eigenvalue weighted by Crippen LogP contribution is -1.96.